The predicted octanol–water partition coefficient (Wildman–Crippen LogP) is 25.7. The third-order valence-corrected chi connectivity index (χ3v) is 37.1. The van der Waals surface area contributed by atoms with Crippen LogP contribution in [-0.4, -0.2) is 328 Å². The van der Waals surface area contributed by atoms with Crippen LogP contribution in [0.5, 0.6) is 57.5 Å². The Morgan fingerprint density at radius 3 is 0.436 bits per heavy atom. The summed E-state index contributed by atoms with van der Waals surface area (Å²) >= 11 is 0. The minimum atomic E-state index is -1.10. The Balaban J connectivity index is 1.87. The molecule has 117 heavy (non-hydrogen) atoms. The molecular weight excluding hydrogens is 1630 g/mol. The summed E-state index contributed by atoms with van der Waals surface area (Å²) in [5, 5.41) is 0. The van der Waals surface area contributed by atoms with Crippen LogP contribution in [0.4, 0.5) is 0 Å². The van der Waals surface area contributed by atoms with E-state index in [0.29, 0.717) is 91.8 Å². The molecule has 0 amide bonds. The van der Waals surface area contributed by atoms with Gasteiger partial charge in [0.1, 0.15) is 57.5 Å². The fourth-order valence-corrected chi connectivity index (χ4v) is 24.8. The van der Waals surface area contributed by atoms with Gasteiger partial charge in [-0.1, -0.05) is 6.92 Å². The van der Waals surface area contributed by atoms with Gasteiger partial charge in [-0.2, -0.15) is 0 Å². The Morgan fingerprint density at radius 2 is 0.291 bits per heavy atom. The van der Waals surface area contributed by atoms with Crippen LogP contribution in [-0.2, 0) is 32.1 Å². The van der Waals surface area contributed by atoms with Crippen molar-refractivity contribution in [1.82, 2.24) is 0 Å². The molecule has 0 bridgehead atoms. The molecule has 0 aliphatic rings. The molecule has 0 saturated carbocycles. The molecule has 5 aromatic rings. The summed E-state index contributed by atoms with van der Waals surface area (Å²) in [6.45, 7) is 83.9. The van der Waals surface area contributed by atoms with Crippen LogP contribution in [0, 0.1) is 6.92 Å². The van der Waals surface area contributed by atoms with E-state index in [1.54, 1.807) is 0 Å². The highest BCUT2D eigenvalue weighted by atomic mass is 31.2. The Morgan fingerprint density at radius 1 is 0.171 bits per heavy atom. The maximum atomic E-state index is 7.36. The SMILES string of the molecule is CCc1cc(OCCC[P+](C)(C)C)c(Cc2cc(OCCC[P+](C)(C)C)c(Cc3cc(OCCC[P+](C)(C)C)c(Cc4cc(OCCC[P+](C)(C)C)c(Cc5cc(OCCC[P+](C)(C)C)c(C)cc5OCCC[P+](C)(C)C)cc4OCCC[P+](C)(C)C)cc3OCCC[P+](C)(C)C)cc2OCCC[P+](C)(C)C)cc1OCCC[P+](C)(C)C. The third-order valence-electron chi connectivity index (χ3n) is 20.5. The van der Waals surface area contributed by atoms with Crippen LogP contribution in [0.25, 0.3) is 0 Å². The summed E-state index contributed by atoms with van der Waals surface area (Å²) in [5.74, 6) is 9.05. The van der Waals surface area contributed by atoms with Gasteiger partial charge in [-0.15, -0.1) is 0 Å². The standard InChI is InChI=1S/C97H176O10P10/c1-33-79-69-91(101-47-37-57-111(12,13)14)81(71-90(79)100-46-36-56-110(9,10)11)66-83-73-95(105-51-41-61-115(24,25)26)85(75-94(83)104-50-40-60-114(21,22)23)68-87-77-96(106-52-42-62-116(27,28)29)86(76-97(87)107-53-43-63-117(30,31)32)67-84-74-92(102-48-38-58-112(15,16)17)82(72-93(84)103-49-39-59-113(18,19)20)65-80-70-88(98-44-34-54-108(3,4)5)78(2)64-89(80)99-45-35-55-109(6,7)8/h64,69-77H,33-63,65-68H2,1-32H3/q+10. The van der Waals surface area contributed by atoms with Gasteiger partial charge in [0, 0.05) is 407 Å². The van der Waals surface area contributed by atoms with Gasteiger partial charge in [0.2, 0.25) is 0 Å². The van der Waals surface area contributed by atoms with Crippen molar-refractivity contribution < 1.29 is 47.4 Å². The van der Waals surface area contributed by atoms with Gasteiger partial charge < -0.3 is 47.4 Å². The normalized spacial score (nSPS) is 13.0. The first-order valence-electron chi connectivity index (χ1n) is 44.2. The fraction of sp³-hybridized carbons (Fsp3) is 0.691. The van der Waals surface area contributed by atoms with Crippen molar-refractivity contribution in [2.75, 3.05) is 328 Å². The molecule has 0 aliphatic carbocycles. The molecule has 0 heterocycles. The molecule has 0 fully saturated rings. The minimum absolute atomic E-state index is 0.545. The molecule has 0 saturated heterocycles. The van der Waals surface area contributed by atoms with Gasteiger partial charge in [0.25, 0.3) is 0 Å². The van der Waals surface area contributed by atoms with Gasteiger partial charge >= 0.3 is 0 Å². The summed E-state index contributed by atoms with van der Waals surface area (Å²) in [5.41, 5.74) is 11.0. The molecule has 20 heteroatoms. The summed E-state index contributed by atoms with van der Waals surface area (Å²) in [4.78, 5) is 0. The number of hydrogen-bond donors (Lipinski definition) is 0. The number of ether oxygens (including phenoxy) is 10. The molecule has 0 aliphatic heterocycles. The number of benzene rings is 5. The highest BCUT2D eigenvalue weighted by molar-refractivity contribution is 7.76. The van der Waals surface area contributed by atoms with Crippen LogP contribution < -0.4 is 47.4 Å². The van der Waals surface area contributed by atoms with Crippen molar-refractivity contribution in [3.05, 3.63) is 116 Å². The van der Waals surface area contributed by atoms with Crippen molar-refractivity contribution in [1.29, 1.82) is 0 Å². The fourth-order valence-electron chi connectivity index (χ4n) is 14.1. The first-order chi connectivity index (χ1) is 54.1. The lowest BCUT2D eigenvalue weighted by molar-refractivity contribution is 0.299. The monoisotopic (exact) mass is 1810 g/mol. The molecule has 0 radical (unpaired) electrons. The molecule has 10 nitrogen and oxygen atoms in total. The first-order valence-corrected chi connectivity index (χ1v) is 77.3. The van der Waals surface area contributed by atoms with Gasteiger partial charge in [-0.05, 0) is 85.1 Å². The minimum Gasteiger partial charge on any atom is -0.493 e. The molecule has 0 atom stereocenters. The zero-order valence-electron chi connectivity index (χ0n) is 81.1. The van der Waals surface area contributed by atoms with Gasteiger partial charge in [-0.3, -0.25) is 0 Å². The zero-order valence-corrected chi connectivity index (χ0v) is 90.0. The smallest absolute Gasteiger partial charge is 0.123 e. The van der Waals surface area contributed by atoms with E-state index >= 15 is 0 Å². The Kier molecular flexibility index (Phi) is 44.3. The largest absolute Gasteiger partial charge is 0.493 e. The van der Waals surface area contributed by atoms with E-state index < -0.39 is 72.6 Å². The summed E-state index contributed by atoms with van der Waals surface area (Å²) in [6, 6.07) is 23.1. The van der Waals surface area contributed by atoms with Crippen LogP contribution in [0.15, 0.2) is 60.7 Å². The van der Waals surface area contributed by atoms with E-state index in [1.165, 1.54) is 30.2 Å². The molecule has 5 aromatic carbocycles. The molecule has 0 spiro atoms. The molecule has 0 N–H and O–H groups in total. The lowest BCUT2D eigenvalue weighted by Crippen LogP contribution is -2.11. The molecule has 664 valence electrons. The number of hydrogen-bond acceptors (Lipinski definition) is 10. The topological polar surface area (TPSA) is 92.3 Å². The van der Waals surface area contributed by atoms with E-state index in [2.05, 4.69) is 274 Å². The Labute approximate surface area is 726 Å². The van der Waals surface area contributed by atoms with Crippen molar-refractivity contribution in [2.24, 2.45) is 0 Å². The van der Waals surface area contributed by atoms with Crippen molar-refractivity contribution >= 4 is 72.6 Å². The van der Waals surface area contributed by atoms with Crippen LogP contribution in [0.2, 0.25) is 0 Å². The van der Waals surface area contributed by atoms with E-state index in [-0.39, 0.29) is 0 Å². The number of rotatable bonds is 59. The maximum absolute atomic E-state index is 7.36. The van der Waals surface area contributed by atoms with Crippen molar-refractivity contribution in [3.63, 3.8) is 0 Å². The van der Waals surface area contributed by atoms with Crippen molar-refractivity contribution in [2.45, 2.75) is 110 Å². The molecular formula is C97H176O10P10+10. The maximum Gasteiger partial charge on any atom is 0.123 e. The lowest BCUT2D eigenvalue weighted by Gasteiger charge is -2.23. The third kappa shape index (κ3) is 46.4. The molecule has 0 unspecified atom stereocenters. The lowest BCUT2D eigenvalue weighted by atomic mass is 9.94. The summed E-state index contributed by atoms with van der Waals surface area (Å²) in [6.07, 6.45) is 24.8. The van der Waals surface area contributed by atoms with E-state index in [0.717, 1.165) is 215 Å². The van der Waals surface area contributed by atoms with Gasteiger partial charge in [0.05, 0.1) is 128 Å². The molecule has 5 rings (SSSR count). The Bertz CT molecular complexity index is 3770. The highest BCUT2D eigenvalue weighted by Crippen LogP contribution is 2.54. The molecule has 0 aromatic heterocycles. The highest BCUT2D eigenvalue weighted by Gasteiger charge is 2.30. The van der Waals surface area contributed by atoms with Crippen LogP contribution in [0.1, 0.15) is 127 Å². The predicted molar refractivity (Wildman–Crippen MR) is 554 cm³/mol. The van der Waals surface area contributed by atoms with Crippen molar-refractivity contribution in [3.8, 4) is 57.5 Å². The van der Waals surface area contributed by atoms with Crippen LogP contribution >= 0.6 is 72.6 Å². The summed E-state index contributed by atoms with van der Waals surface area (Å²) < 4.78 is 71.4. The second-order valence-corrected chi connectivity index (χ2v) is 94.0. The second-order valence-electron chi connectivity index (χ2n) is 43.7. The quantitative estimate of drug-likeness (QED) is 0.0277. The van der Waals surface area contributed by atoms with E-state index in [4.69, 9.17) is 47.4 Å². The van der Waals surface area contributed by atoms with Crippen LogP contribution in [0.3, 0.4) is 0 Å². The van der Waals surface area contributed by atoms with Gasteiger partial charge in [-0.25, -0.2) is 0 Å². The zero-order chi connectivity index (χ0) is 87.4. The Hall–Kier alpha value is -1.60. The van der Waals surface area contributed by atoms with E-state index in [9.17, 15) is 0 Å². The average Bonchev–Trinajstić information content (AvgIpc) is 0.794. The van der Waals surface area contributed by atoms with E-state index in [1.807, 2.05) is 0 Å². The summed E-state index contributed by atoms with van der Waals surface area (Å²) in [7, 11) is -10.4. The second kappa shape index (κ2) is 48.9. The van der Waals surface area contributed by atoms with Gasteiger partial charge in [0.15, 0.2) is 0 Å². The first kappa shape index (κ1) is 106. The average molecular weight is 1810 g/mol. The number of aryl methyl sites for hydroxylation is 2.